The van der Waals surface area contributed by atoms with Crippen LogP contribution in [0.5, 0.6) is 0 Å². The summed E-state index contributed by atoms with van der Waals surface area (Å²) in [5, 5.41) is 0. The minimum absolute atomic E-state index is 0.0631. The number of pyridine rings is 1. The van der Waals surface area contributed by atoms with Crippen LogP contribution in [-0.2, 0) is 14.2 Å². The molecule has 6 heteroatoms. The maximum absolute atomic E-state index is 12.0. The average Bonchev–Trinajstić information content (AvgIpc) is 2.94. The molecule has 1 N–H and O–H groups in total. The van der Waals surface area contributed by atoms with Crippen LogP contribution in [0.15, 0.2) is 18.3 Å². The minimum atomic E-state index is -0.429. The van der Waals surface area contributed by atoms with E-state index in [9.17, 15) is 4.79 Å². The van der Waals surface area contributed by atoms with Gasteiger partial charge < -0.3 is 19.2 Å². The zero-order valence-corrected chi connectivity index (χ0v) is 10.4. The molecule has 1 aromatic heterocycles. The molecular formula is C12H13NO4S. The van der Waals surface area contributed by atoms with Gasteiger partial charge in [-0.05, 0) is 18.6 Å². The van der Waals surface area contributed by atoms with E-state index < -0.39 is 5.97 Å². The second-order valence-corrected chi connectivity index (χ2v) is 4.76. The lowest BCUT2D eigenvalue weighted by Crippen LogP contribution is -2.32. The molecule has 0 radical (unpaired) electrons. The molecule has 0 spiro atoms. The van der Waals surface area contributed by atoms with Crippen molar-refractivity contribution in [1.82, 2.24) is 4.98 Å². The van der Waals surface area contributed by atoms with Gasteiger partial charge in [-0.1, -0.05) is 12.2 Å². The number of hydrogen-bond donors (Lipinski definition) is 1. The van der Waals surface area contributed by atoms with Crippen molar-refractivity contribution in [3.63, 3.8) is 0 Å². The number of hydrogen-bond acceptors (Lipinski definition) is 5. The maximum Gasteiger partial charge on any atom is 0.341 e. The Labute approximate surface area is 109 Å². The fourth-order valence-electron chi connectivity index (χ4n) is 2.31. The molecule has 0 aliphatic carbocycles. The lowest BCUT2D eigenvalue weighted by atomic mass is 10.1. The highest BCUT2D eigenvalue weighted by Gasteiger charge is 2.44. The van der Waals surface area contributed by atoms with Gasteiger partial charge in [0, 0.05) is 12.8 Å². The number of carbonyl (C=O) groups is 1. The highest BCUT2D eigenvalue weighted by molar-refractivity contribution is 7.71. The van der Waals surface area contributed by atoms with Crippen molar-refractivity contribution in [3.05, 3.63) is 28.5 Å². The Morgan fingerprint density at radius 3 is 3.22 bits per heavy atom. The number of aromatic nitrogens is 1. The zero-order chi connectivity index (χ0) is 12.5. The van der Waals surface area contributed by atoms with Crippen LogP contribution in [0, 0.1) is 4.64 Å². The lowest BCUT2D eigenvalue weighted by molar-refractivity contribution is -0.0148. The van der Waals surface area contributed by atoms with Crippen LogP contribution >= 0.6 is 12.2 Å². The van der Waals surface area contributed by atoms with E-state index in [1.807, 2.05) is 0 Å². The van der Waals surface area contributed by atoms with Crippen molar-refractivity contribution < 1.29 is 19.0 Å². The van der Waals surface area contributed by atoms with E-state index in [1.165, 1.54) is 0 Å². The summed E-state index contributed by atoms with van der Waals surface area (Å²) < 4.78 is 16.8. The van der Waals surface area contributed by atoms with Gasteiger partial charge in [0.05, 0.1) is 18.3 Å². The number of aromatic amines is 1. The Morgan fingerprint density at radius 2 is 2.39 bits per heavy atom. The molecule has 5 nitrogen and oxygen atoms in total. The summed E-state index contributed by atoms with van der Waals surface area (Å²) in [5.74, 6) is -0.429. The van der Waals surface area contributed by atoms with Crippen molar-refractivity contribution in [2.75, 3.05) is 13.2 Å². The van der Waals surface area contributed by atoms with Gasteiger partial charge in [0.25, 0.3) is 0 Å². The number of esters is 1. The largest absolute Gasteiger partial charge is 0.453 e. The summed E-state index contributed by atoms with van der Waals surface area (Å²) in [6.45, 7) is 1.05. The van der Waals surface area contributed by atoms with E-state index in [4.69, 9.17) is 26.4 Å². The Bertz CT molecular complexity index is 515. The van der Waals surface area contributed by atoms with Gasteiger partial charge in [-0.2, -0.15) is 0 Å². The zero-order valence-electron chi connectivity index (χ0n) is 9.63. The molecule has 2 saturated heterocycles. The molecule has 3 atom stereocenters. The standard InChI is InChI=1S/C12H13NO4S/c14-12(7-2-1-4-13-11(7)18)17-9-6-16-8-3-5-15-10(8)9/h1-2,4,8-10H,3,5-6H2,(H,13,18)/t8-,9?,10+/m1/s1. The summed E-state index contributed by atoms with van der Waals surface area (Å²) in [6, 6.07) is 3.36. The second kappa shape index (κ2) is 4.79. The van der Waals surface area contributed by atoms with Gasteiger partial charge in [0.15, 0.2) is 6.10 Å². The topological polar surface area (TPSA) is 60.6 Å². The smallest absolute Gasteiger partial charge is 0.341 e. The van der Waals surface area contributed by atoms with Gasteiger partial charge in [0.1, 0.15) is 10.7 Å². The monoisotopic (exact) mass is 267 g/mol. The molecule has 0 saturated carbocycles. The van der Waals surface area contributed by atoms with Crippen LogP contribution in [0.2, 0.25) is 0 Å². The molecule has 3 heterocycles. The minimum Gasteiger partial charge on any atom is -0.453 e. The molecule has 1 unspecified atom stereocenters. The van der Waals surface area contributed by atoms with Crippen LogP contribution in [0.25, 0.3) is 0 Å². The highest BCUT2D eigenvalue weighted by atomic mass is 32.1. The van der Waals surface area contributed by atoms with E-state index in [-0.39, 0.29) is 18.3 Å². The fourth-order valence-corrected chi connectivity index (χ4v) is 2.53. The fraction of sp³-hybridized carbons (Fsp3) is 0.500. The first-order valence-electron chi connectivity index (χ1n) is 5.87. The molecule has 2 fully saturated rings. The van der Waals surface area contributed by atoms with Crippen LogP contribution in [0.1, 0.15) is 16.8 Å². The van der Waals surface area contributed by atoms with Gasteiger partial charge >= 0.3 is 5.97 Å². The summed E-state index contributed by atoms with van der Waals surface area (Å²) >= 11 is 5.04. The predicted molar refractivity (Wildman–Crippen MR) is 64.9 cm³/mol. The molecule has 18 heavy (non-hydrogen) atoms. The lowest BCUT2D eigenvalue weighted by Gasteiger charge is -2.16. The summed E-state index contributed by atoms with van der Waals surface area (Å²) in [7, 11) is 0. The van der Waals surface area contributed by atoms with Crippen molar-refractivity contribution in [1.29, 1.82) is 0 Å². The summed E-state index contributed by atoms with van der Waals surface area (Å²) in [5.41, 5.74) is 0.369. The van der Waals surface area contributed by atoms with E-state index in [1.54, 1.807) is 18.3 Å². The second-order valence-electron chi connectivity index (χ2n) is 4.35. The number of carbonyl (C=O) groups excluding carboxylic acids is 1. The number of rotatable bonds is 2. The Kier molecular flexibility index (Phi) is 3.15. The molecule has 96 valence electrons. The first-order valence-corrected chi connectivity index (χ1v) is 6.28. The van der Waals surface area contributed by atoms with Gasteiger partial charge in [0.2, 0.25) is 0 Å². The molecule has 2 aliphatic rings. The Balaban J connectivity index is 1.72. The predicted octanol–water partition coefficient (Wildman–Crippen LogP) is 1.46. The average molecular weight is 267 g/mol. The van der Waals surface area contributed by atoms with Gasteiger partial charge in [-0.15, -0.1) is 0 Å². The van der Waals surface area contributed by atoms with Crippen molar-refractivity contribution in [2.24, 2.45) is 0 Å². The van der Waals surface area contributed by atoms with E-state index in [2.05, 4.69) is 4.98 Å². The van der Waals surface area contributed by atoms with Gasteiger partial charge in [-0.25, -0.2) is 4.79 Å². The van der Waals surface area contributed by atoms with Crippen LogP contribution < -0.4 is 0 Å². The molecule has 0 bridgehead atoms. The molecule has 0 amide bonds. The number of ether oxygens (including phenoxy) is 3. The number of nitrogens with one attached hydrogen (secondary N) is 1. The van der Waals surface area contributed by atoms with E-state index >= 15 is 0 Å². The normalized spacial score (nSPS) is 30.1. The SMILES string of the molecule is O=C(OC1CO[C@@H]2CCO[C@H]12)c1ccc[nH]c1=S. The van der Waals surface area contributed by atoms with Crippen molar-refractivity contribution in [2.45, 2.75) is 24.7 Å². The van der Waals surface area contributed by atoms with Crippen LogP contribution in [0.3, 0.4) is 0 Å². The molecule has 3 rings (SSSR count). The molecule has 0 aromatic carbocycles. The van der Waals surface area contributed by atoms with Crippen LogP contribution in [-0.4, -0.2) is 42.5 Å². The first kappa shape index (κ1) is 11.8. The molecule has 1 aromatic rings. The third-order valence-electron chi connectivity index (χ3n) is 3.22. The third kappa shape index (κ3) is 2.07. The van der Waals surface area contributed by atoms with E-state index in [0.717, 1.165) is 6.42 Å². The summed E-state index contributed by atoms with van der Waals surface area (Å²) in [4.78, 5) is 14.8. The first-order chi connectivity index (χ1) is 8.75. The highest BCUT2D eigenvalue weighted by Crippen LogP contribution is 2.28. The van der Waals surface area contributed by atoms with Crippen molar-refractivity contribution >= 4 is 18.2 Å². The van der Waals surface area contributed by atoms with E-state index in [0.29, 0.717) is 23.4 Å². The maximum atomic E-state index is 12.0. The van der Waals surface area contributed by atoms with Gasteiger partial charge in [-0.3, -0.25) is 0 Å². The number of fused-ring (bicyclic) bond motifs is 1. The van der Waals surface area contributed by atoms with Crippen molar-refractivity contribution in [3.8, 4) is 0 Å². The quantitative estimate of drug-likeness (QED) is 0.649. The Morgan fingerprint density at radius 1 is 1.50 bits per heavy atom. The molecule has 2 aliphatic heterocycles. The third-order valence-corrected chi connectivity index (χ3v) is 3.55. The Hall–Kier alpha value is -1.24. The molecular weight excluding hydrogens is 254 g/mol. The number of H-pyrrole nitrogens is 1. The summed E-state index contributed by atoms with van der Waals surface area (Å²) in [6.07, 6.45) is 2.14. The van der Waals surface area contributed by atoms with Crippen LogP contribution in [0.4, 0.5) is 0 Å².